The average Bonchev–Trinajstić information content (AvgIpc) is 3.03. The highest BCUT2D eigenvalue weighted by Crippen LogP contribution is 2.24. The number of morpholine rings is 1. The number of hydrogen-bond acceptors (Lipinski definition) is 8. The monoisotopic (exact) mass is 354 g/mol. The van der Waals surface area contributed by atoms with Crippen LogP contribution in [0.1, 0.15) is 23.5 Å². The van der Waals surface area contributed by atoms with Gasteiger partial charge in [0.15, 0.2) is 17.2 Å². The molecular weight excluding hydrogens is 332 g/mol. The lowest BCUT2D eigenvalue weighted by atomic mass is 10.1. The molecule has 8 heteroatoms. The molecule has 0 aliphatic carbocycles. The number of fused-ring (bicyclic) bond motifs is 1. The van der Waals surface area contributed by atoms with Crippen molar-refractivity contribution in [2.45, 2.75) is 19.9 Å². The minimum Gasteiger partial charge on any atom is -0.422 e. The van der Waals surface area contributed by atoms with Crippen molar-refractivity contribution in [3.05, 3.63) is 41.8 Å². The van der Waals surface area contributed by atoms with Crippen LogP contribution >= 0.6 is 0 Å². The van der Waals surface area contributed by atoms with Gasteiger partial charge < -0.3 is 14.5 Å². The van der Waals surface area contributed by atoms with Gasteiger partial charge >= 0.3 is 0 Å². The molecule has 1 N–H and O–H groups in total. The van der Waals surface area contributed by atoms with E-state index in [1.165, 1.54) is 0 Å². The number of hydrogen-bond donors (Lipinski definition) is 1. The molecule has 0 radical (unpaired) electrons. The van der Waals surface area contributed by atoms with Crippen molar-refractivity contribution in [1.82, 2.24) is 24.8 Å². The number of oxazole rings is 1. The van der Waals surface area contributed by atoms with Gasteiger partial charge in [0.2, 0.25) is 0 Å². The molecule has 3 aromatic heterocycles. The fraction of sp³-hybridized carbons (Fsp3) is 0.444. The fourth-order valence-electron chi connectivity index (χ4n) is 3.23. The maximum Gasteiger partial charge on any atom is 0.252 e. The molecule has 1 fully saturated rings. The SMILES string of the molecule is Cc1nc(NC[C@H](c2ccccn2)N2CCOCC2)c2nc(C)oc2n1. The van der Waals surface area contributed by atoms with Crippen LogP contribution in [0.4, 0.5) is 5.82 Å². The predicted octanol–water partition coefficient (Wildman–Crippen LogP) is 2.12. The molecule has 8 nitrogen and oxygen atoms in total. The highest BCUT2D eigenvalue weighted by Gasteiger charge is 2.24. The van der Waals surface area contributed by atoms with Crippen LogP contribution in [0.5, 0.6) is 0 Å². The van der Waals surface area contributed by atoms with E-state index in [1.54, 1.807) is 0 Å². The Morgan fingerprint density at radius 2 is 2.00 bits per heavy atom. The van der Waals surface area contributed by atoms with Gasteiger partial charge in [-0.05, 0) is 19.1 Å². The molecule has 0 bridgehead atoms. The number of pyridine rings is 1. The molecule has 3 aromatic rings. The number of aromatic nitrogens is 4. The Kier molecular flexibility index (Phi) is 4.77. The molecule has 4 heterocycles. The second-order valence-electron chi connectivity index (χ2n) is 6.31. The van der Waals surface area contributed by atoms with E-state index in [9.17, 15) is 0 Å². The van der Waals surface area contributed by atoms with Crippen molar-refractivity contribution in [2.75, 3.05) is 38.2 Å². The summed E-state index contributed by atoms with van der Waals surface area (Å²) >= 11 is 0. The summed E-state index contributed by atoms with van der Waals surface area (Å²) in [6.07, 6.45) is 1.83. The summed E-state index contributed by atoms with van der Waals surface area (Å²) in [5.74, 6) is 1.92. The third-order valence-electron chi connectivity index (χ3n) is 4.46. The van der Waals surface area contributed by atoms with E-state index in [0.29, 0.717) is 35.3 Å². The van der Waals surface area contributed by atoms with Gasteiger partial charge in [-0.1, -0.05) is 6.07 Å². The van der Waals surface area contributed by atoms with E-state index in [4.69, 9.17) is 9.15 Å². The van der Waals surface area contributed by atoms with Crippen molar-refractivity contribution in [1.29, 1.82) is 0 Å². The Labute approximate surface area is 151 Å². The van der Waals surface area contributed by atoms with E-state index in [1.807, 2.05) is 32.2 Å². The van der Waals surface area contributed by atoms with Gasteiger partial charge in [-0.2, -0.15) is 4.98 Å². The van der Waals surface area contributed by atoms with Crippen LogP contribution in [0.25, 0.3) is 11.2 Å². The zero-order valence-corrected chi connectivity index (χ0v) is 15.0. The fourth-order valence-corrected chi connectivity index (χ4v) is 3.23. The first kappa shape index (κ1) is 16.9. The van der Waals surface area contributed by atoms with Gasteiger partial charge in [0.1, 0.15) is 5.82 Å². The zero-order valence-electron chi connectivity index (χ0n) is 15.0. The Morgan fingerprint density at radius 1 is 1.15 bits per heavy atom. The summed E-state index contributed by atoms with van der Waals surface area (Å²) in [5, 5.41) is 3.44. The standard InChI is InChI=1S/C18H22N6O2/c1-12-21-17(16-18(22-12)26-13(2)23-16)20-11-15(14-5-3-4-6-19-14)24-7-9-25-10-8-24/h3-6,15H,7-11H2,1-2H3,(H,20,21,22)/t15-/m1/s1. The van der Waals surface area contributed by atoms with Gasteiger partial charge in [0.25, 0.3) is 5.71 Å². The Hall–Kier alpha value is -2.58. The molecule has 1 aliphatic heterocycles. The third kappa shape index (κ3) is 3.51. The molecule has 26 heavy (non-hydrogen) atoms. The Balaban J connectivity index is 1.60. The number of rotatable bonds is 5. The maximum absolute atomic E-state index is 5.56. The molecule has 0 amide bonds. The number of anilines is 1. The lowest BCUT2D eigenvalue weighted by molar-refractivity contribution is 0.0179. The average molecular weight is 354 g/mol. The zero-order chi connectivity index (χ0) is 17.9. The molecule has 0 aromatic carbocycles. The molecule has 1 atom stereocenters. The number of nitrogens with one attached hydrogen (secondary N) is 1. The molecule has 1 saturated heterocycles. The largest absolute Gasteiger partial charge is 0.422 e. The minimum absolute atomic E-state index is 0.124. The highest BCUT2D eigenvalue weighted by atomic mass is 16.5. The second-order valence-corrected chi connectivity index (χ2v) is 6.31. The van der Waals surface area contributed by atoms with Crippen LogP contribution in [-0.2, 0) is 4.74 Å². The smallest absolute Gasteiger partial charge is 0.252 e. The van der Waals surface area contributed by atoms with Gasteiger partial charge in [0.05, 0.1) is 24.9 Å². The molecule has 0 unspecified atom stereocenters. The van der Waals surface area contributed by atoms with Crippen LogP contribution in [-0.4, -0.2) is 57.7 Å². The summed E-state index contributed by atoms with van der Waals surface area (Å²) in [4.78, 5) is 20.2. The van der Waals surface area contributed by atoms with Crippen molar-refractivity contribution < 1.29 is 9.15 Å². The summed E-state index contributed by atoms with van der Waals surface area (Å²) < 4.78 is 11.1. The van der Waals surface area contributed by atoms with E-state index in [0.717, 1.165) is 32.0 Å². The quantitative estimate of drug-likeness (QED) is 0.745. The minimum atomic E-state index is 0.124. The van der Waals surface area contributed by atoms with Crippen molar-refractivity contribution in [3.63, 3.8) is 0 Å². The maximum atomic E-state index is 5.56. The molecule has 1 aliphatic rings. The first-order chi connectivity index (χ1) is 12.7. The van der Waals surface area contributed by atoms with Crippen molar-refractivity contribution in [3.8, 4) is 0 Å². The van der Waals surface area contributed by atoms with E-state index in [-0.39, 0.29) is 6.04 Å². The number of aryl methyl sites for hydroxylation is 2. The second kappa shape index (κ2) is 7.35. The molecule has 0 spiro atoms. The first-order valence-corrected chi connectivity index (χ1v) is 8.79. The van der Waals surface area contributed by atoms with Crippen LogP contribution in [0.15, 0.2) is 28.8 Å². The molecule has 4 rings (SSSR count). The van der Waals surface area contributed by atoms with Crippen LogP contribution in [0.2, 0.25) is 0 Å². The first-order valence-electron chi connectivity index (χ1n) is 8.79. The Morgan fingerprint density at radius 3 is 2.77 bits per heavy atom. The van der Waals surface area contributed by atoms with E-state index in [2.05, 4.69) is 36.2 Å². The topological polar surface area (TPSA) is 89.2 Å². The lowest BCUT2D eigenvalue weighted by Crippen LogP contribution is -2.42. The van der Waals surface area contributed by atoms with Crippen molar-refractivity contribution in [2.24, 2.45) is 0 Å². The number of ether oxygens (including phenoxy) is 1. The van der Waals surface area contributed by atoms with Gasteiger partial charge in [0, 0.05) is 32.8 Å². The molecule has 136 valence electrons. The molecular formula is C18H22N6O2. The number of nitrogens with zero attached hydrogens (tertiary/aromatic N) is 5. The normalized spacial score (nSPS) is 16.7. The van der Waals surface area contributed by atoms with Crippen LogP contribution < -0.4 is 5.32 Å². The summed E-state index contributed by atoms with van der Waals surface area (Å²) in [7, 11) is 0. The molecule has 0 saturated carbocycles. The highest BCUT2D eigenvalue weighted by molar-refractivity contribution is 5.81. The summed E-state index contributed by atoms with van der Waals surface area (Å²) in [5.41, 5.74) is 2.20. The third-order valence-corrected chi connectivity index (χ3v) is 4.46. The summed E-state index contributed by atoms with van der Waals surface area (Å²) in [6.45, 7) is 7.56. The van der Waals surface area contributed by atoms with Gasteiger partial charge in [-0.3, -0.25) is 9.88 Å². The Bertz CT molecular complexity index is 876. The van der Waals surface area contributed by atoms with Crippen LogP contribution in [0, 0.1) is 13.8 Å². The van der Waals surface area contributed by atoms with Gasteiger partial charge in [-0.25, -0.2) is 9.97 Å². The lowest BCUT2D eigenvalue weighted by Gasteiger charge is -2.34. The van der Waals surface area contributed by atoms with E-state index >= 15 is 0 Å². The van der Waals surface area contributed by atoms with Crippen LogP contribution in [0.3, 0.4) is 0 Å². The summed E-state index contributed by atoms with van der Waals surface area (Å²) in [6, 6.07) is 6.13. The van der Waals surface area contributed by atoms with E-state index < -0.39 is 0 Å². The van der Waals surface area contributed by atoms with Crippen molar-refractivity contribution >= 4 is 17.0 Å². The predicted molar refractivity (Wildman–Crippen MR) is 96.9 cm³/mol. The van der Waals surface area contributed by atoms with Gasteiger partial charge in [-0.15, -0.1) is 0 Å².